The number of carbonyl (C=O) groups excluding carboxylic acids is 1. The lowest BCUT2D eigenvalue weighted by molar-refractivity contribution is -0.119. The Bertz CT molecular complexity index is 1070. The van der Waals surface area contributed by atoms with E-state index in [0.717, 1.165) is 35.5 Å². The van der Waals surface area contributed by atoms with Gasteiger partial charge in [-0.25, -0.2) is 4.68 Å². The Morgan fingerprint density at radius 1 is 1.06 bits per heavy atom. The second kappa shape index (κ2) is 11.1. The molecule has 2 heterocycles. The van der Waals surface area contributed by atoms with E-state index >= 15 is 0 Å². The third kappa shape index (κ3) is 6.55. The molecule has 2 aromatic carbocycles. The van der Waals surface area contributed by atoms with Crippen molar-refractivity contribution in [3.05, 3.63) is 70.9 Å². The van der Waals surface area contributed by atoms with E-state index in [-0.39, 0.29) is 5.78 Å². The van der Waals surface area contributed by atoms with Crippen LogP contribution in [-0.4, -0.2) is 40.1 Å². The van der Waals surface area contributed by atoms with Crippen molar-refractivity contribution in [3.63, 3.8) is 0 Å². The van der Waals surface area contributed by atoms with Gasteiger partial charge in [0.1, 0.15) is 5.78 Å². The lowest BCUT2D eigenvalue weighted by Gasteiger charge is -2.26. The third-order valence-electron chi connectivity index (χ3n) is 6.28. The lowest BCUT2D eigenvalue weighted by atomic mass is 9.99. The summed E-state index contributed by atoms with van der Waals surface area (Å²) in [6, 6.07) is 16.3. The van der Waals surface area contributed by atoms with Gasteiger partial charge in [0.2, 0.25) is 0 Å². The summed E-state index contributed by atoms with van der Waals surface area (Å²) in [5.74, 6) is 0.584. The smallest absolute Gasteiger partial charge is 0.137 e. The Labute approximate surface area is 202 Å². The second-order valence-electron chi connectivity index (χ2n) is 9.59. The van der Waals surface area contributed by atoms with Gasteiger partial charge in [-0.3, -0.25) is 4.79 Å². The van der Waals surface area contributed by atoms with Crippen LogP contribution in [0.3, 0.4) is 0 Å². The molecule has 0 amide bonds. The predicted octanol–water partition coefficient (Wildman–Crippen LogP) is 6.38. The van der Waals surface area contributed by atoms with Gasteiger partial charge in [-0.1, -0.05) is 56.1 Å². The van der Waals surface area contributed by atoms with Crippen molar-refractivity contribution in [2.75, 3.05) is 19.6 Å². The molecule has 1 aliphatic heterocycles. The molecular formula is C28H34ClN3O. The number of Topliss-reactive ketones (excluding diaryl/α,β-unsaturated/α-hetero) is 1. The Kier molecular flexibility index (Phi) is 8.00. The van der Waals surface area contributed by atoms with E-state index in [2.05, 4.69) is 43.0 Å². The molecular weight excluding hydrogens is 430 g/mol. The molecule has 4 rings (SSSR count). The molecule has 174 valence electrons. The normalized spacial score (nSPS) is 14.7. The average Bonchev–Trinajstić information content (AvgIpc) is 3.22. The molecule has 1 aliphatic rings. The van der Waals surface area contributed by atoms with Gasteiger partial charge in [0.05, 0.1) is 11.4 Å². The van der Waals surface area contributed by atoms with Gasteiger partial charge in [0.15, 0.2) is 0 Å². The van der Waals surface area contributed by atoms with Gasteiger partial charge < -0.3 is 4.90 Å². The Hall–Kier alpha value is -2.43. The van der Waals surface area contributed by atoms with Gasteiger partial charge in [-0.15, -0.1) is 0 Å². The van der Waals surface area contributed by atoms with E-state index in [1.165, 1.54) is 37.9 Å². The minimum atomic E-state index is 0.237. The van der Waals surface area contributed by atoms with Gasteiger partial charge >= 0.3 is 0 Å². The first-order valence-electron chi connectivity index (χ1n) is 12.2. The van der Waals surface area contributed by atoms with Crippen molar-refractivity contribution in [2.24, 2.45) is 5.92 Å². The Balaban J connectivity index is 1.54. The molecule has 3 aromatic rings. The maximum Gasteiger partial charge on any atom is 0.137 e. The van der Waals surface area contributed by atoms with E-state index in [1.54, 1.807) is 0 Å². The monoisotopic (exact) mass is 463 g/mol. The average molecular weight is 464 g/mol. The van der Waals surface area contributed by atoms with E-state index in [4.69, 9.17) is 16.7 Å². The van der Waals surface area contributed by atoms with Crippen molar-refractivity contribution >= 4 is 17.4 Å². The zero-order valence-electron chi connectivity index (χ0n) is 19.8. The molecule has 0 unspecified atom stereocenters. The number of rotatable bonds is 9. The summed E-state index contributed by atoms with van der Waals surface area (Å²) < 4.78 is 1.89. The number of hydrogen-bond acceptors (Lipinski definition) is 3. The maximum absolute atomic E-state index is 12.6. The van der Waals surface area contributed by atoms with Gasteiger partial charge in [-0.2, -0.15) is 5.10 Å². The topological polar surface area (TPSA) is 38.1 Å². The highest BCUT2D eigenvalue weighted by Gasteiger charge is 2.17. The first kappa shape index (κ1) is 23.7. The van der Waals surface area contributed by atoms with Crippen molar-refractivity contribution < 1.29 is 4.79 Å². The second-order valence-corrected chi connectivity index (χ2v) is 10.0. The van der Waals surface area contributed by atoms with Crippen molar-refractivity contribution in [3.8, 4) is 16.9 Å². The van der Waals surface area contributed by atoms with Crippen LogP contribution in [0.15, 0.2) is 54.7 Å². The minimum absolute atomic E-state index is 0.237. The summed E-state index contributed by atoms with van der Waals surface area (Å²) in [7, 11) is 0. The zero-order chi connectivity index (χ0) is 23.2. The number of likely N-dealkylation sites (tertiary alicyclic amines) is 1. The summed E-state index contributed by atoms with van der Waals surface area (Å²) >= 11 is 6.24. The van der Waals surface area contributed by atoms with Crippen molar-refractivity contribution in [1.82, 2.24) is 14.7 Å². The third-order valence-corrected chi connectivity index (χ3v) is 6.51. The summed E-state index contributed by atoms with van der Waals surface area (Å²) in [6.07, 6.45) is 8.06. The van der Waals surface area contributed by atoms with Gasteiger partial charge in [0, 0.05) is 41.7 Å². The van der Waals surface area contributed by atoms with E-state index in [1.807, 2.05) is 35.1 Å². The first-order chi connectivity index (χ1) is 16.0. The van der Waals surface area contributed by atoms with Crippen LogP contribution in [0.5, 0.6) is 0 Å². The molecule has 1 saturated heterocycles. The molecule has 1 aromatic heterocycles. The minimum Gasteiger partial charge on any atom is -0.303 e. The molecule has 4 nitrogen and oxygen atoms in total. The molecule has 0 radical (unpaired) electrons. The van der Waals surface area contributed by atoms with Crippen LogP contribution in [-0.2, 0) is 17.6 Å². The van der Waals surface area contributed by atoms with E-state index in [9.17, 15) is 4.79 Å². The van der Waals surface area contributed by atoms with Crippen LogP contribution < -0.4 is 0 Å². The largest absolute Gasteiger partial charge is 0.303 e. The highest BCUT2D eigenvalue weighted by molar-refractivity contribution is 6.30. The lowest BCUT2D eigenvalue weighted by Crippen LogP contribution is -2.31. The van der Waals surface area contributed by atoms with E-state index in [0.29, 0.717) is 23.8 Å². The highest BCUT2D eigenvalue weighted by Crippen LogP contribution is 2.27. The fourth-order valence-electron chi connectivity index (χ4n) is 4.58. The predicted molar refractivity (Wildman–Crippen MR) is 136 cm³/mol. The number of piperidine rings is 1. The molecule has 1 fully saturated rings. The first-order valence-corrected chi connectivity index (χ1v) is 12.5. The summed E-state index contributed by atoms with van der Waals surface area (Å²) in [5, 5.41) is 5.54. The molecule has 5 heteroatoms. The molecule has 0 spiro atoms. The van der Waals surface area contributed by atoms with Crippen molar-refractivity contribution in [1.29, 1.82) is 0 Å². The number of hydrogen-bond donors (Lipinski definition) is 0. The Morgan fingerprint density at radius 2 is 1.82 bits per heavy atom. The standard InChI is InChI=1S/C28H34ClN3O/c1-21(2)17-27(33)19-24-20-32(30-28(24)23-7-6-8-25(29)18-23)26-11-9-22(10-12-26)13-16-31-14-4-3-5-15-31/h6-12,18,20-21H,3-5,13-17,19H2,1-2H3. The quantitative estimate of drug-likeness (QED) is 0.369. The van der Waals surface area contributed by atoms with Gasteiger partial charge in [-0.05, 0) is 68.1 Å². The summed E-state index contributed by atoms with van der Waals surface area (Å²) in [5.41, 5.74) is 5.05. The van der Waals surface area contributed by atoms with Crippen LogP contribution >= 0.6 is 11.6 Å². The zero-order valence-corrected chi connectivity index (χ0v) is 20.5. The number of benzene rings is 2. The van der Waals surface area contributed by atoms with Gasteiger partial charge in [0.25, 0.3) is 0 Å². The van der Waals surface area contributed by atoms with Crippen LogP contribution in [0.2, 0.25) is 5.02 Å². The summed E-state index contributed by atoms with van der Waals surface area (Å²) in [6.45, 7) is 7.74. The van der Waals surface area contributed by atoms with Crippen LogP contribution in [0.25, 0.3) is 16.9 Å². The fraction of sp³-hybridized carbons (Fsp3) is 0.429. The fourth-order valence-corrected chi connectivity index (χ4v) is 4.77. The maximum atomic E-state index is 12.6. The molecule has 0 aliphatic carbocycles. The summed E-state index contributed by atoms with van der Waals surface area (Å²) in [4.78, 5) is 15.2. The van der Waals surface area contributed by atoms with Crippen LogP contribution in [0, 0.1) is 5.92 Å². The molecule has 0 bridgehead atoms. The number of aromatic nitrogens is 2. The SMILES string of the molecule is CC(C)CC(=O)Cc1cn(-c2ccc(CCN3CCCCC3)cc2)nc1-c1cccc(Cl)c1. The number of ketones is 1. The van der Waals surface area contributed by atoms with Crippen LogP contribution in [0.1, 0.15) is 50.7 Å². The number of nitrogens with zero attached hydrogens (tertiary/aromatic N) is 3. The highest BCUT2D eigenvalue weighted by atomic mass is 35.5. The van der Waals surface area contributed by atoms with Crippen LogP contribution in [0.4, 0.5) is 0 Å². The van der Waals surface area contributed by atoms with E-state index < -0.39 is 0 Å². The molecule has 0 N–H and O–H groups in total. The van der Waals surface area contributed by atoms with Crippen molar-refractivity contribution in [2.45, 2.75) is 52.4 Å². The Morgan fingerprint density at radius 3 is 2.52 bits per heavy atom. The molecule has 0 atom stereocenters. The molecule has 0 saturated carbocycles. The molecule has 33 heavy (non-hydrogen) atoms. The number of halogens is 1. The number of carbonyl (C=O) groups is 1.